The molecule has 13 atom stereocenters. The zero-order valence-corrected chi connectivity index (χ0v) is 24.6. The normalized spacial score (nSPS) is 49.4. The molecule has 6 aliphatic rings. The van der Waals surface area contributed by atoms with E-state index in [2.05, 4.69) is 11.8 Å². The first-order valence-corrected chi connectivity index (χ1v) is 15.4. The molecule has 0 radical (unpaired) electrons. The van der Waals surface area contributed by atoms with Crippen LogP contribution in [-0.2, 0) is 23.7 Å². The second-order valence-electron chi connectivity index (χ2n) is 13.7. The third-order valence-corrected chi connectivity index (χ3v) is 12.6. The Hall–Kier alpha value is -1.81. The van der Waals surface area contributed by atoms with Crippen LogP contribution in [0.25, 0.3) is 6.08 Å². The van der Waals surface area contributed by atoms with Gasteiger partial charge in [0.15, 0.2) is 0 Å². The second-order valence-corrected chi connectivity index (χ2v) is 13.7. The third-order valence-electron chi connectivity index (χ3n) is 12.6. The maximum atomic E-state index is 13.3. The molecule has 6 fully saturated rings. The van der Waals surface area contributed by atoms with Gasteiger partial charge in [-0.05, 0) is 43.4 Å². The molecule has 1 saturated heterocycles. The summed E-state index contributed by atoms with van der Waals surface area (Å²) in [5.74, 6) is -1.14. The summed E-state index contributed by atoms with van der Waals surface area (Å²) >= 11 is 0. The maximum Gasteiger partial charge on any atom is 0.331 e. The number of ether oxygens (including phenoxy) is 4. The third kappa shape index (κ3) is 3.52. The van der Waals surface area contributed by atoms with Crippen molar-refractivity contribution in [2.24, 2.45) is 40.4 Å². The average molecular weight is 568 g/mol. The molecule has 0 aromatic heterocycles. The van der Waals surface area contributed by atoms with Crippen molar-refractivity contribution in [1.82, 2.24) is 4.90 Å². The van der Waals surface area contributed by atoms with Crippen LogP contribution in [0.3, 0.4) is 0 Å². The predicted octanol–water partition coefficient (Wildman–Crippen LogP) is 2.77. The van der Waals surface area contributed by atoms with Gasteiger partial charge in [-0.1, -0.05) is 37.3 Å². The van der Waals surface area contributed by atoms with Crippen molar-refractivity contribution in [2.75, 3.05) is 41.0 Å². The summed E-state index contributed by atoms with van der Waals surface area (Å²) in [5, 5.41) is 25.3. The van der Waals surface area contributed by atoms with E-state index in [0.29, 0.717) is 13.0 Å². The van der Waals surface area contributed by atoms with Gasteiger partial charge in [0.05, 0.1) is 30.5 Å². The Balaban J connectivity index is 1.34. The highest BCUT2D eigenvalue weighted by atomic mass is 16.5. The van der Waals surface area contributed by atoms with Crippen LogP contribution in [0.2, 0.25) is 0 Å². The summed E-state index contributed by atoms with van der Waals surface area (Å²) in [6, 6.07) is 9.68. The molecule has 5 aliphatic carbocycles. The predicted molar refractivity (Wildman–Crippen MR) is 152 cm³/mol. The number of aliphatic hydroxyl groups is 2. The zero-order valence-electron chi connectivity index (χ0n) is 24.6. The van der Waals surface area contributed by atoms with E-state index in [4.69, 9.17) is 18.9 Å². The number of carbonyl (C=O) groups is 1. The fourth-order valence-corrected chi connectivity index (χ4v) is 11.8. The minimum Gasteiger partial charge on any atom is -0.458 e. The van der Waals surface area contributed by atoms with E-state index in [1.807, 2.05) is 30.3 Å². The number of hydrogen-bond donors (Lipinski definition) is 2. The molecule has 1 aromatic rings. The molecule has 0 unspecified atom stereocenters. The Morgan fingerprint density at radius 2 is 1.93 bits per heavy atom. The van der Waals surface area contributed by atoms with Crippen molar-refractivity contribution in [2.45, 2.75) is 68.7 Å². The summed E-state index contributed by atoms with van der Waals surface area (Å²) in [7, 11) is 5.26. The fourth-order valence-electron chi connectivity index (χ4n) is 11.8. The molecular formula is C33H45NO7. The largest absolute Gasteiger partial charge is 0.458 e. The van der Waals surface area contributed by atoms with Crippen molar-refractivity contribution in [3.05, 3.63) is 42.0 Å². The van der Waals surface area contributed by atoms with Gasteiger partial charge in [-0.3, -0.25) is 4.90 Å². The van der Waals surface area contributed by atoms with E-state index >= 15 is 0 Å². The molecule has 5 saturated carbocycles. The molecule has 1 spiro atoms. The molecule has 41 heavy (non-hydrogen) atoms. The van der Waals surface area contributed by atoms with E-state index in [-0.39, 0.29) is 58.7 Å². The molecule has 8 heteroatoms. The molecule has 1 aliphatic heterocycles. The van der Waals surface area contributed by atoms with E-state index in [1.165, 1.54) is 6.08 Å². The van der Waals surface area contributed by atoms with Gasteiger partial charge in [0.1, 0.15) is 6.10 Å². The summed E-state index contributed by atoms with van der Waals surface area (Å²) in [4.78, 5) is 15.8. The Morgan fingerprint density at radius 1 is 1.15 bits per heavy atom. The number of rotatable bonds is 8. The lowest BCUT2D eigenvalue weighted by molar-refractivity contribution is -0.277. The minimum atomic E-state index is -1.23. The highest BCUT2D eigenvalue weighted by molar-refractivity contribution is 5.87. The van der Waals surface area contributed by atoms with E-state index in [0.717, 1.165) is 37.9 Å². The molecular weight excluding hydrogens is 522 g/mol. The smallest absolute Gasteiger partial charge is 0.331 e. The first kappa shape index (κ1) is 28.0. The van der Waals surface area contributed by atoms with Crippen LogP contribution in [0.5, 0.6) is 0 Å². The van der Waals surface area contributed by atoms with E-state index in [1.54, 1.807) is 27.4 Å². The van der Waals surface area contributed by atoms with Gasteiger partial charge < -0.3 is 29.2 Å². The maximum absolute atomic E-state index is 13.3. The Bertz CT molecular complexity index is 1190. The Kier molecular flexibility index (Phi) is 6.73. The number of methoxy groups -OCH3 is 3. The zero-order chi connectivity index (χ0) is 28.7. The second kappa shape index (κ2) is 9.86. The summed E-state index contributed by atoms with van der Waals surface area (Å²) < 4.78 is 24.6. The topological polar surface area (TPSA) is 97.7 Å². The monoisotopic (exact) mass is 567 g/mol. The van der Waals surface area contributed by atoms with Crippen molar-refractivity contribution >= 4 is 12.0 Å². The van der Waals surface area contributed by atoms with Crippen molar-refractivity contribution < 1.29 is 34.0 Å². The van der Waals surface area contributed by atoms with Crippen LogP contribution < -0.4 is 0 Å². The van der Waals surface area contributed by atoms with Crippen molar-refractivity contribution in [1.29, 1.82) is 0 Å². The van der Waals surface area contributed by atoms with E-state index in [9.17, 15) is 15.0 Å². The number of esters is 1. The molecule has 7 rings (SSSR count). The number of nitrogens with zero attached hydrogens (tertiary/aromatic N) is 1. The van der Waals surface area contributed by atoms with Gasteiger partial charge >= 0.3 is 5.97 Å². The highest BCUT2D eigenvalue weighted by Gasteiger charge is 2.86. The van der Waals surface area contributed by atoms with Gasteiger partial charge in [-0.2, -0.15) is 0 Å². The molecule has 1 aromatic carbocycles. The minimum absolute atomic E-state index is 0.0161. The standard InChI is InChI=1S/C33H45NO7/c1-5-34-17-31(18-38-2)14-13-23(40-4)33-21-15-20-22(39-3)16-32(37,26(30(33)34)27(36)29(31)33)25(21)28(20)41-24(35)12-11-19-9-7-6-8-10-19/h6-12,20-23,25-30,36-37H,5,13-18H2,1-4H3/t20-,21-,22+,23+,25-,26+,27+,28+,29-,30-,31+,32-,33+/m1/s1. The molecule has 2 N–H and O–H groups in total. The number of aliphatic hydroxyl groups excluding tert-OH is 1. The van der Waals surface area contributed by atoms with Crippen molar-refractivity contribution in [3.8, 4) is 0 Å². The first-order chi connectivity index (χ1) is 19.8. The highest BCUT2D eigenvalue weighted by Crippen LogP contribution is 2.79. The lowest BCUT2D eigenvalue weighted by atomic mass is 9.43. The summed E-state index contributed by atoms with van der Waals surface area (Å²) in [6.07, 6.45) is 4.78. The summed E-state index contributed by atoms with van der Waals surface area (Å²) in [5.41, 5.74) is -0.895. The number of hydrogen-bond acceptors (Lipinski definition) is 8. The van der Waals surface area contributed by atoms with Crippen molar-refractivity contribution in [3.63, 3.8) is 0 Å². The van der Waals surface area contributed by atoms with Crippen LogP contribution in [0, 0.1) is 40.4 Å². The van der Waals surface area contributed by atoms with Crippen LogP contribution in [0.1, 0.15) is 38.2 Å². The molecule has 8 nitrogen and oxygen atoms in total. The number of benzene rings is 1. The van der Waals surface area contributed by atoms with Crippen LogP contribution in [-0.4, -0.2) is 98.2 Å². The summed E-state index contributed by atoms with van der Waals surface area (Å²) in [6.45, 7) is 4.44. The number of fused-ring (bicyclic) bond motifs is 2. The molecule has 0 amide bonds. The average Bonchev–Trinajstić information content (AvgIpc) is 3.39. The van der Waals surface area contributed by atoms with Crippen LogP contribution >= 0.6 is 0 Å². The number of likely N-dealkylation sites (tertiary alicyclic amines) is 1. The molecule has 1 heterocycles. The Morgan fingerprint density at radius 3 is 2.61 bits per heavy atom. The van der Waals surface area contributed by atoms with Gasteiger partial charge in [0.2, 0.25) is 0 Å². The fraction of sp³-hybridized carbons (Fsp3) is 0.727. The number of piperidine rings is 1. The van der Waals surface area contributed by atoms with Crippen LogP contribution in [0.15, 0.2) is 36.4 Å². The van der Waals surface area contributed by atoms with Gasteiger partial charge in [-0.15, -0.1) is 0 Å². The van der Waals surface area contributed by atoms with Gasteiger partial charge in [-0.25, -0.2) is 4.79 Å². The van der Waals surface area contributed by atoms with E-state index < -0.39 is 23.8 Å². The SMILES string of the molecule is CCN1C[C@]2(COC)CC[C@H](OC)[C@@]34[C@@H]5C[C@H]6[C@H](OC(=O)C=Cc7ccccc7)[C@@H]5[C@](O)(C[C@@H]6OC)[C@@H]([C@H](O)[C@H]23)[C@@H]14. The van der Waals surface area contributed by atoms with Gasteiger partial charge in [0.25, 0.3) is 0 Å². The van der Waals surface area contributed by atoms with Crippen LogP contribution in [0.4, 0.5) is 0 Å². The first-order valence-electron chi connectivity index (χ1n) is 15.4. The molecule has 7 bridgehead atoms. The number of carbonyl (C=O) groups excluding carboxylic acids is 1. The lowest BCUT2D eigenvalue weighted by Crippen LogP contribution is -2.76. The molecule has 224 valence electrons. The quantitative estimate of drug-likeness (QED) is 0.366. The Labute approximate surface area is 243 Å². The lowest BCUT2D eigenvalue weighted by Gasteiger charge is -2.69. The van der Waals surface area contributed by atoms with Gasteiger partial charge in [0, 0.05) is 80.9 Å².